The van der Waals surface area contributed by atoms with Gasteiger partial charge >= 0.3 is 0 Å². The first-order valence-electron chi connectivity index (χ1n) is 11.2. The second-order valence-electron chi connectivity index (χ2n) is 9.05. The molecule has 4 heteroatoms. The molecule has 1 aromatic heterocycles. The molecule has 2 atom stereocenters. The quantitative estimate of drug-likeness (QED) is 0.655. The van der Waals surface area contributed by atoms with Gasteiger partial charge in [-0.25, -0.2) is 4.98 Å². The molecule has 0 radical (unpaired) electrons. The van der Waals surface area contributed by atoms with Crippen LogP contribution in [0.25, 0.3) is 5.69 Å². The van der Waals surface area contributed by atoms with E-state index in [0.717, 1.165) is 36.5 Å². The molecule has 4 heterocycles. The van der Waals surface area contributed by atoms with E-state index in [1.807, 2.05) is 25.4 Å². The van der Waals surface area contributed by atoms with Gasteiger partial charge in [-0.05, 0) is 74.9 Å². The molecule has 0 saturated carbocycles. The van der Waals surface area contributed by atoms with Crippen LogP contribution in [0.15, 0.2) is 67.0 Å². The maximum Gasteiger partial charge on any atom is 0.110 e. The zero-order chi connectivity index (χ0) is 20.6. The van der Waals surface area contributed by atoms with Gasteiger partial charge in [0.1, 0.15) is 5.82 Å². The molecule has 0 amide bonds. The predicted octanol–water partition coefficient (Wildman–Crippen LogP) is 4.59. The smallest absolute Gasteiger partial charge is 0.110 e. The normalized spacial score (nSPS) is 25.2. The fourth-order valence-electron chi connectivity index (χ4n) is 5.59. The van der Waals surface area contributed by atoms with Crippen LogP contribution in [0.4, 0.5) is 0 Å². The van der Waals surface area contributed by atoms with Crippen molar-refractivity contribution in [3.63, 3.8) is 0 Å². The predicted molar refractivity (Wildman–Crippen MR) is 122 cm³/mol. The van der Waals surface area contributed by atoms with Crippen LogP contribution in [0.2, 0.25) is 0 Å². The molecule has 2 unspecified atom stereocenters. The van der Waals surface area contributed by atoms with Crippen molar-refractivity contribution < 1.29 is 6.53 Å². The Bertz CT molecular complexity index is 979. The number of benzene rings is 2. The van der Waals surface area contributed by atoms with Crippen LogP contribution in [-0.2, 0) is 12.0 Å². The SMILES string of the molecule is Cc1nccn1-c1ccc(CCC(O)(c2ccccc2)C2CN3CCC2CC3)cc1.[HH]. The summed E-state index contributed by atoms with van der Waals surface area (Å²) in [6, 6.07) is 19.1. The van der Waals surface area contributed by atoms with E-state index in [1.165, 1.54) is 31.5 Å². The minimum absolute atomic E-state index is 0. The van der Waals surface area contributed by atoms with Gasteiger partial charge in [0.25, 0.3) is 0 Å². The molecule has 3 saturated heterocycles. The Labute approximate surface area is 180 Å². The van der Waals surface area contributed by atoms with Crippen molar-refractivity contribution in [1.29, 1.82) is 0 Å². The second kappa shape index (κ2) is 8.01. The van der Waals surface area contributed by atoms with Gasteiger partial charge in [0, 0.05) is 32.0 Å². The molecule has 3 aliphatic heterocycles. The standard InChI is InChI=1S/C26H31N3O.H2/c1-20-27-15-18-29(20)24-9-7-21(8-10-24)11-14-26(30,23-5-3-2-4-6-23)25-19-28-16-12-22(25)13-17-28;/h2-10,15,18,22,25,30H,11-14,16-17,19H2,1H3;1H. The van der Waals surface area contributed by atoms with Gasteiger partial charge < -0.3 is 14.6 Å². The molecular formula is C26H33N3O. The Morgan fingerprint density at radius 2 is 1.80 bits per heavy atom. The average Bonchev–Trinajstić information content (AvgIpc) is 3.25. The first kappa shape index (κ1) is 19.5. The van der Waals surface area contributed by atoms with E-state index in [4.69, 9.17) is 0 Å². The van der Waals surface area contributed by atoms with Gasteiger partial charge in [-0.3, -0.25) is 0 Å². The summed E-state index contributed by atoms with van der Waals surface area (Å²) in [4.78, 5) is 6.86. The summed E-state index contributed by atoms with van der Waals surface area (Å²) in [7, 11) is 0. The highest BCUT2D eigenvalue weighted by Gasteiger charge is 2.47. The molecule has 30 heavy (non-hydrogen) atoms. The number of imidazole rings is 1. The number of fused-ring (bicyclic) bond motifs is 3. The van der Waals surface area contributed by atoms with Crippen LogP contribution in [0, 0.1) is 18.8 Å². The van der Waals surface area contributed by atoms with E-state index in [0.29, 0.717) is 11.8 Å². The van der Waals surface area contributed by atoms with Crippen molar-refractivity contribution in [2.45, 2.75) is 38.2 Å². The van der Waals surface area contributed by atoms with E-state index in [9.17, 15) is 5.11 Å². The van der Waals surface area contributed by atoms with Gasteiger partial charge in [-0.1, -0.05) is 42.5 Å². The summed E-state index contributed by atoms with van der Waals surface area (Å²) in [5, 5.41) is 12.1. The third-order valence-corrected chi connectivity index (χ3v) is 7.38. The highest BCUT2D eigenvalue weighted by Crippen LogP contribution is 2.45. The molecule has 4 nitrogen and oxygen atoms in total. The Morgan fingerprint density at radius 3 is 2.40 bits per heavy atom. The highest BCUT2D eigenvalue weighted by molar-refractivity contribution is 5.36. The largest absolute Gasteiger partial charge is 0.385 e. The van der Waals surface area contributed by atoms with Crippen LogP contribution >= 0.6 is 0 Å². The zero-order valence-electron chi connectivity index (χ0n) is 17.7. The molecule has 1 N–H and O–H groups in total. The second-order valence-corrected chi connectivity index (χ2v) is 9.05. The number of hydrogen-bond donors (Lipinski definition) is 1. The lowest BCUT2D eigenvalue weighted by atomic mass is 9.66. The number of hydrogen-bond acceptors (Lipinski definition) is 3. The topological polar surface area (TPSA) is 41.3 Å². The van der Waals surface area contributed by atoms with Crippen LogP contribution < -0.4 is 0 Å². The minimum atomic E-state index is -0.773. The van der Waals surface area contributed by atoms with Gasteiger partial charge in [0.2, 0.25) is 0 Å². The first-order chi connectivity index (χ1) is 14.6. The van der Waals surface area contributed by atoms with Crippen LogP contribution in [0.1, 0.15) is 37.6 Å². The highest BCUT2D eigenvalue weighted by atomic mass is 16.3. The van der Waals surface area contributed by atoms with Crippen molar-refractivity contribution in [2.24, 2.45) is 11.8 Å². The molecule has 3 aromatic rings. The van der Waals surface area contributed by atoms with Crippen molar-refractivity contribution in [2.75, 3.05) is 19.6 Å². The molecule has 2 bridgehead atoms. The summed E-state index contributed by atoms with van der Waals surface area (Å²) < 4.78 is 2.09. The summed E-state index contributed by atoms with van der Waals surface area (Å²) in [5.74, 6) is 1.94. The van der Waals surface area contributed by atoms with Crippen molar-refractivity contribution in [3.8, 4) is 5.69 Å². The van der Waals surface area contributed by atoms with E-state index < -0.39 is 5.60 Å². The molecule has 2 aromatic carbocycles. The Kier molecular flexibility index (Phi) is 5.21. The lowest BCUT2D eigenvalue weighted by molar-refractivity contribution is -0.106. The summed E-state index contributed by atoms with van der Waals surface area (Å²) >= 11 is 0. The van der Waals surface area contributed by atoms with Crippen molar-refractivity contribution >= 4 is 0 Å². The van der Waals surface area contributed by atoms with Crippen LogP contribution in [0.3, 0.4) is 0 Å². The summed E-state index contributed by atoms with van der Waals surface area (Å²) in [5.41, 5.74) is 2.70. The van der Waals surface area contributed by atoms with Gasteiger partial charge in [-0.2, -0.15) is 0 Å². The number of nitrogens with zero attached hydrogens (tertiary/aromatic N) is 3. The average molecular weight is 404 g/mol. The van der Waals surface area contributed by atoms with Gasteiger partial charge in [-0.15, -0.1) is 0 Å². The Morgan fingerprint density at radius 1 is 1.07 bits per heavy atom. The first-order valence-corrected chi connectivity index (χ1v) is 11.2. The maximum absolute atomic E-state index is 12.1. The number of aryl methyl sites for hydroxylation is 2. The molecular weight excluding hydrogens is 370 g/mol. The summed E-state index contributed by atoms with van der Waals surface area (Å²) in [6.45, 7) is 5.43. The monoisotopic (exact) mass is 403 g/mol. The van der Waals surface area contributed by atoms with E-state index >= 15 is 0 Å². The number of piperidine rings is 3. The number of aliphatic hydroxyl groups is 1. The van der Waals surface area contributed by atoms with Crippen LogP contribution in [0.5, 0.6) is 0 Å². The van der Waals surface area contributed by atoms with Crippen molar-refractivity contribution in [3.05, 3.63) is 83.9 Å². The number of rotatable bonds is 6. The fraction of sp³-hybridized carbons (Fsp3) is 0.423. The zero-order valence-corrected chi connectivity index (χ0v) is 17.7. The fourth-order valence-corrected chi connectivity index (χ4v) is 5.59. The van der Waals surface area contributed by atoms with E-state index in [-0.39, 0.29) is 1.43 Å². The van der Waals surface area contributed by atoms with Gasteiger partial charge in [0.15, 0.2) is 0 Å². The molecule has 158 valence electrons. The third-order valence-electron chi connectivity index (χ3n) is 7.38. The minimum Gasteiger partial charge on any atom is -0.385 e. The molecule has 3 fully saturated rings. The maximum atomic E-state index is 12.1. The Hall–Kier alpha value is -2.43. The van der Waals surface area contributed by atoms with E-state index in [1.54, 1.807) is 0 Å². The lowest BCUT2D eigenvalue weighted by Gasteiger charge is -2.51. The Balaban J connectivity index is 0.00000231. The van der Waals surface area contributed by atoms with Gasteiger partial charge in [0.05, 0.1) is 5.60 Å². The molecule has 6 rings (SSSR count). The van der Waals surface area contributed by atoms with Crippen molar-refractivity contribution in [1.82, 2.24) is 14.5 Å². The molecule has 0 aliphatic carbocycles. The van der Waals surface area contributed by atoms with Crippen LogP contribution in [-0.4, -0.2) is 39.2 Å². The molecule has 0 spiro atoms. The number of aromatic nitrogens is 2. The third kappa shape index (κ3) is 3.59. The van der Waals surface area contributed by atoms with E-state index in [2.05, 4.69) is 63.0 Å². The molecule has 3 aliphatic rings. The summed E-state index contributed by atoms with van der Waals surface area (Å²) in [6.07, 6.45) is 7.90. The lowest BCUT2D eigenvalue weighted by Crippen LogP contribution is -2.55.